The summed E-state index contributed by atoms with van der Waals surface area (Å²) in [5, 5.41) is 2.48. The third-order valence-corrected chi connectivity index (χ3v) is 1.88. The molecule has 1 rings (SSSR count). The Morgan fingerprint density at radius 3 is 2.14 bits per heavy atom. The van der Waals surface area contributed by atoms with Gasteiger partial charge in [0.25, 0.3) is 5.91 Å². The minimum Gasteiger partial charge on any atom is -0.355 e. The smallest absolute Gasteiger partial charge is 0.251 e. The Hall–Kier alpha value is -1.03. The summed E-state index contributed by atoms with van der Waals surface area (Å²) in [6.45, 7) is 4.00. The molecule has 0 bridgehead atoms. The van der Waals surface area contributed by atoms with Gasteiger partial charge in [0.05, 0.1) is 12.1 Å². The number of halogens is 1. The van der Waals surface area contributed by atoms with Gasteiger partial charge in [-0.3, -0.25) is 4.79 Å². The Morgan fingerprint density at radius 2 is 1.79 bits per heavy atom. The van der Waals surface area contributed by atoms with Crippen LogP contribution in [0.25, 0.3) is 0 Å². The Labute approximate surface area is 88.2 Å². The highest BCUT2D eigenvalue weighted by atomic mass is 32.2. The lowest BCUT2D eigenvalue weighted by atomic mass is 10.2. The van der Waals surface area contributed by atoms with Crippen molar-refractivity contribution in [3.8, 4) is 0 Å². The van der Waals surface area contributed by atoms with Gasteiger partial charge >= 0.3 is 0 Å². The monoisotopic (exact) mass is 215 g/mol. The van der Waals surface area contributed by atoms with Crippen molar-refractivity contribution in [3.05, 3.63) is 29.8 Å². The zero-order valence-electron chi connectivity index (χ0n) is 8.50. The highest BCUT2D eigenvalue weighted by Gasteiger charge is 2.01. The summed E-state index contributed by atoms with van der Waals surface area (Å²) < 4.78 is 12.0. The summed E-state index contributed by atoms with van der Waals surface area (Å²) in [6, 6.07) is 6.30. The Balaban J connectivity index is 0.000000791. The molecule has 0 aliphatic carbocycles. The number of rotatable bonds is 2. The van der Waals surface area contributed by atoms with Gasteiger partial charge in [-0.25, -0.2) is 0 Å². The number of benzene rings is 1. The zero-order chi connectivity index (χ0) is 11.0. The molecule has 78 valence electrons. The van der Waals surface area contributed by atoms with Crippen LogP contribution in [-0.2, 0) is 0 Å². The molecule has 0 aromatic heterocycles. The van der Waals surface area contributed by atoms with Crippen molar-refractivity contribution in [2.75, 3.05) is 7.05 Å². The summed E-state index contributed by atoms with van der Waals surface area (Å²) in [6.07, 6.45) is 0. The third-order valence-electron chi connectivity index (χ3n) is 1.43. The van der Waals surface area contributed by atoms with Crippen molar-refractivity contribution in [2.24, 2.45) is 0 Å². The van der Waals surface area contributed by atoms with E-state index in [-0.39, 0.29) is 18.1 Å². The predicted octanol–water partition coefficient (Wildman–Crippen LogP) is 3.05. The van der Waals surface area contributed by atoms with Crippen LogP contribution in [0.2, 0.25) is 0 Å². The van der Waals surface area contributed by atoms with Crippen molar-refractivity contribution in [1.82, 2.24) is 5.32 Å². The lowest BCUT2D eigenvalue weighted by Crippen LogP contribution is -2.17. The van der Waals surface area contributed by atoms with E-state index in [1.165, 1.54) is 0 Å². The molecule has 1 aromatic rings. The molecule has 0 saturated carbocycles. The molecule has 1 aromatic carbocycles. The topological polar surface area (TPSA) is 29.1 Å². The van der Waals surface area contributed by atoms with E-state index < -0.39 is 0 Å². The minimum absolute atomic E-state index is 0.162. The van der Waals surface area contributed by atoms with E-state index in [2.05, 4.69) is 5.32 Å². The molecule has 0 saturated heterocycles. The highest BCUT2D eigenvalue weighted by Crippen LogP contribution is 2.18. The van der Waals surface area contributed by atoms with Gasteiger partial charge in [0.2, 0.25) is 0 Å². The van der Waals surface area contributed by atoms with Crippen LogP contribution in [-0.4, -0.2) is 13.0 Å². The second-order valence-electron chi connectivity index (χ2n) is 2.18. The maximum atomic E-state index is 12.0. The van der Waals surface area contributed by atoms with Gasteiger partial charge in [-0.05, 0) is 24.3 Å². The Morgan fingerprint density at radius 1 is 1.29 bits per heavy atom. The summed E-state index contributed by atoms with van der Waals surface area (Å²) in [4.78, 5) is 11.5. The molecule has 0 radical (unpaired) electrons. The van der Waals surface area contributed by atoms with E-state index in [0.29, 0.717) is 10.5 Å². The molecular formula is C10H14FNOS. The van der Waals surface area contributed by atoms with Crippen LogP contribution in [0, 0.1) is 0 Å². The molecule has 14 heavy (non-hydrogen) atoms. The predicted molar refractivity (Wildman–Crippen MR) is 58.1 cm³/mol. The van der Waals surface area contributed by atoms with Gasteiger partial charge in [0.1, 0.15) is 0 Å². The van der Waals surface area contributed by atoms with E-state index in [1.807, 2.05) is 13.8 Å². The van der Waals surface area contributed by atoms with Crippen molar-refractivity contribution < 1.29 is 8.68 Å². The quantitative estimate of drug-likeness (QED) is 0.821. The largest absolute Gasteiger partial charge is 0.355 e. The van der Waals surface area contributed by atoms with Gasteiger partial charge in [-0.2, -0.15) is 3.89 Å². The number of amides is 1. The lowest BCUT2D eigenvalue weighted by Gasteiger charge is -1.98. The van der Waals surface area contributed by atoms with E-state index in [9.17, 15) is 8.68 Å². The zero-order valence-corrected chi connectivity index (χ0v) is 9.32. The van der Waals surface area contributed by atoms with Crippen LogP contribution >= 0.6 is 12.1 Å². The molecule has 0 atom stereocenters. The highest BCUT2D eigenvalue weighted by molar-refractivity contribution is 7.94. The minimum atomic E-state index is -0.162. The fourth-order valence-corrected chi connectivity index (χ4v) is 1.04. The van der Waals surface area contributed by atoms with Crippen LogP contribution < -0.4 is 5.32 Å². The van der Waals surface area contributed by atoms with Crippen LogP contribution in [0.15, 0.2) is 29.2 Å². The van der Waals surface area contributed by atoms with Gasteiger partial charge in [-0.1, -0.05) is 13.8 Å². The second kappa shape index (κ2) is 7.38. The van der Waals surface area contributed by atoms with Gasteiger partial charge < -0.3 is 5.32 Å². The average molecular weight is 215 g/mol. The normalized spacial score (nSPS) is 8.57. The number of nitrogens with one attached hydrogen (secondary N) is 1. The van der Waals surface area contributed by atoms with E-state index in [0.717, 1.165) is 0 Å². The Bertz CT molecular complexity index is 274. The number of carbonyl (C=O) groups excluding carboxylic acids is 1. The fourth-order valence-electron chi connectivity index (χ4n) is 0.802. The summed E-state index contributed by atoms with van der Waals surface area (Å²) in [5.41, 5.74) is 0.537. The molecule has 1 amide bonds. The number of hydrogen-bond donors (Lipinski definition) is 1. The van der Waals surface area contributed by atoms with E-state index >= 15 is 0 Å². The maximum Gasteiger partial charge on any atom is 0.251 e. The van der Waals surface area contributed by atoms with Gasteiger partial charge in [0, 0.05) is 17.5 Å². The number of carbonyl (C=O) groups is 1. The first-order valence-electron chi connectivity index (χ1n) is 4.38. The molecule has 0 unspecified atom stereocenters. The van der Waals surface area contributed by atoms with Crippen LogP contribution in [0.4, 0.5) is 3.89 Å². The molecule has 0 aliphatic heterocycles. The van der Waals surface area contributed by atoms with Crippen LogP contribution in [0.3, 0.4) is 0 Å². The standard InChI is InChI=1S/C8H8FNOS.C2H6/c1-10-8(11)6-2-4-7(12-9)5-3-6;1-2/h2-5H,1H3,(H,10,11);1-2H3. The molecule has 0 spiro atoms. The molecule has 0 fully saturated rings. The van der Waals surface area contributed by atoms with Crippen molar-refractivity contribution >= 4 is 18.1 Å². The third kappa shape index (κ3) is 3.79. The Kier molecular flexibility index (Phi) is 6.84. The summed E-state index contributed by atoms with van der Waals surface area (Å²) in [7, 11) is 1.56. The van der Waals surface area contributed by atoms with Gasteiger partial charge in [0.15, 0.2) is 0 Å². The second-order valence-corrected chi connectivity index (χ2v) is 2.81. The van der Waals surface area contributed by atoms with Crippen molar-refractivity contribution in [3.63, 3.8) is 0 Å². The van der Waals surface area contributed by atoms with Crippen LogP contribution in [0.1, 0.15) is 24.2 Å². The fraction of sp³-hybridized carbons (Fsp3) is 0.300. The van der Waals surface area contributed by atoms with Crippen molar-refractivity contribution in [2.45, 2.75) is 18.7 Å². The molecule has 2 nitrogen and oxygen atoms in total. The van der Waals surface area contributed by atoms with Crippen molar-refractivity contribution in [1.29, 1.82) is 0 Å². The van der Waals surface area contributed by atoms with Crippen LogP contribution in [0.5, 0.6) is 0 Å². The molecule has 4 heteroatoms. The molecule has 0 aliphatic rings. The average Bonchev–Trinajstić information content (AvgIpc) is 2.31. The summed E-state index contributed by atoms with van der Waals surface area (Å²) >= 11 is 0.165. The summed E-state index contributed by atoms with van der Waals surface area (Å²) in [5.74, 6) is -0.162. The molecule has 0 heterocycles. The maximum absolute atomic E-state index is 12.0. The first-order chi connectivity index (χ1) is 6.77. The first kappa shape index (κ1) is 13.0. The van der Waals surface area contributed by atoms with E-state index in [4.69, 9.17) is 0 Å². The first-order valence-corrected chi connectivity index (χ1v) is 5.10. The lowest BCUT2D eigenvalue weighted by molar-refractivity contribution is 0.0963. The SMILES string of the molecule is CC.CNC(=O)c1ccc(SF)cc1. The number of hydrogen-bond acceptors (Lipinski definition) is 2. The van der Waals surface area contributed by atoms with Gasteiger partial charge in [-0.15, -0.1) is 0 Å². The molecular weight excluding hydrogens is 201 g/mol. The molecule has 1 N–H and O–H groups in total. The van der Waals surface area contributed by atoms with E-state index in [1.54, 1.807) is 31.3 Å².